The van der Waals surface area contributed by atoms with Crippen molar-refractivity contribution in [3.8, 4) is 0 Å². The number of aromatic nitrogens is 1. The summed E-state index contributed by atoms with van der Waals surface area (Å²) in [5, 5.41) is 9.08. The summed E-state index contributed by atoms with van der Waals surface area (Å²) in [5.74, 6) is -1.76. The number of carbonyl (C=O) groups is 3. The van der Waals surface area contributed by atoms with Crippen molar-refractivity contribution in [2.75, 3.05) is 26.7 Å². The molecule has 1 aromatic heterocycles. The van der Waals surface area contributed by atoms with Gasteiger partial charge < -0.3 is 14.9 Å². The molecule has 7 nitrogen and oxygen atoms in total. The zero-order valence-corrected chi connectivity index (χ0v) is 14.1. The Morgan fingerprint density at radius 3 is 2.75 bits per heavy atom. The maximum Gasteiger partial charge on any atom is 0.308 e. The highest BCUT2D eigenvalue weighted by atomic mass is 16.4. The molecule has 1 saturated heterocycles. The average Bonchev–Trinajstić information content (AvgIpc) is 2.56. The third-order valence-electron chi connectivity index (χ3n) is 4.25. The highest BCUT2D eigenvalue weighted by molar-refractivity contribution is 5.86. The number of nitrogens with zero attached hydrogens (tertiary/aromatic N) is 3. The first-order valence-corrected chi connectivity index (χ1v) is 8.03. The minimum Gasteiger partial charge on any atom is -0.481 e. The van der Waals surface area contributed by atoms with Gasteiger partial charge in [-0.1, -0.05) is 6.07 Å². The van der Waals surface area contributed by atoms with Gasteiger partial charge in [0.05, 0.1) is 18.9 Å². The molecule has 2 amide bonds. The molecule has 24 heavy (non-hydrogen) atoms. The lowest BCUT2D eigenvalue weighted by Gasteiger charge is -2.32. The van der Waals surface area contributed by atoms with Gasteiger partial charge in [-0.3, -0.25) is 19.4 Å². The molecule has 1 aliphatic rings. The minimum atomic E-state index is -0.871. The van der Waals surface area contributed by atoms with Crippen LogP contribution in [0.1, 0.15) is 24.1 Å². The second-order valence-corrected chi connectivity index (χ2v) is 6.25. The number of piperidine rings is 1. The van der Waals surface area contributed by atoms with E-state index >= 15 is 0 Å². The fourth-order valence-corrected chi connectivity index (χ4v) is 2.71. The fourth-order valence-electron chi connectivity index (χ4n) is 2.71. The molecule has 0 aromatic carbocycles. The van der Waals surface area contributed by atoms with Crippen LogP contribution in [0.2, 0.25) is 0 Å². The number of amides is 2. The van der Waals surface area contributed by atoms with Gasteiger partial charge in [0.1, 0.15) is 0 Å². The normalized spacial score (nSPS) is 17.4. The number of hydrogen-bond acceptors (Lipinski definition) is 4. The van der Waals surface area contributed by atoms with Crippen LogP contribution in [0.25, 0.3) is 0 Å². The smallest absolute Gasteiger partial charge is 0.308 e. The van der Waals surface area contributed by atoms with Gasteiger partial charge in [0.15, 0.2) is 0 Å². The van der Waals surface area contributed by atoms with E-state index in [9.17, 15) is 14.4 Å². The molecule has 1 fully saturated rings. The van der Waals surface area contributed by atoms with Crippen molar-refractivity contribution in [2.45, 2.75) is 26.2 Å². The molecule has 1 N–H and O–H groups in total. The highest BCUT2D eigenvalue weighted by Crippen LogP contribution is 2.17. The number of rotatable bonds is 5. The van der Waals surface area contributed by atoms with Gasteiger partial charge in [0.25, 0.3) is 0 Å². The van der Waals surface area contributed by atoms with Crippen LogP contribution in [0.4, 0.5) is 0 Å². The molecule has 1 unspecified atom stereocenters. The van der Waals surface area contributed by atoms with Crippen molar-refractivity contribution in [1.82, 2.24) is 14.8 Å². The summed E-state index contributed by atoms with van der Waals surface area (Å²) in [6.07, 6.45) is 3.11. The van der Waals surface area contributed by atoms with Crippen molar-refractivity contribution in [3.05, 3.63) is 29.6 Å². The molecule has 0 spiro atoms. The predicted molar refractivity (Wildman–Crippen MR) is 87.3 cm³/mol. The Balaban J connectivity index is 1.87. The maximum absolute atomic E-state index is 12.3. The molecular weight excluding hydrogens is 310 g/mol. The molecule has 2 rings (SSSR count). The molecule has 1 atom stereocenters. The molecule has 2 heterocycles. The molecular formula is C17H23N3O4. The van der Waals surface area contributed by atoms with Crippen molar-refractivity contribution in [3.63, 3.8) is 0 Å². The van der Waals surface area contributed by atoms with Crippen LogP contribution in [-0.2, 0) is 20.8 Å². The third-order valence-corrected chi connectivity index (χ3v) is 4.25. The monoisotopic (exact) mass is 333 g/mol. The lowest BCUT2D eigenvalue weighted by Crippen LogP contribution is -2.47. The Kier molecular flexibility index (Phi) is 5.89. The summed E-state index contributed by atoms with van der Waals surface area (Å²) >= 11 is 0. The van der Waals surface area contributed by atoms with Gasteiger partial charge in [-0.15, -0.1) is 0 Å². The maximum atomic E-state index is 12.3. The first kappa shape index (κ1) is 17.9. The second-order valence-electron chi connectivity index (χ2n) is 6.25. The largest absolute Gasteiger partial charge is 0.481 e. The van der Waals surface area contributed by atoms with Crippen LogP contribution in [0.5, 0.6) is 0 Å². The molecule has 1 aliphatic heterocycles. The Hall–Kier alpha value is -2.44. The van der Waals surface area contributed by atoms with Gasteiger partial charge in [0, 0.05) is 32.0 Å². The van der Waals surface area contributed by atoms with Crippen molar-refractivity contribution in [1.29, 1.82) is 0 Å². The Labute approximate surface area is 141 Å². The van der Waals surface area contributed by atoms with Gasteiger partial charge in [0.2, 0.25) is 11.8 Å². The van der Waals surface area contributed by atoms with Gasteiger partial charge in [-0.05, 0) is 31.4 Å². The Bertz CT molecular complexity index is 615. The van der Waals surface area contributed by atoms with Crippen LogP contribution < -0.4 is 0 Å². The number of hydrogen-bond donors (Lipinski definition) is 1. The van der Waals surface area contributed by atoms with Crippen LogP contribution >= 0.6 is 0 Å². The summed E-state index contributed by atoms with van der Waals surface area (Å²) in [5.41, 5.74) is 1.68. The van der Waals surface area contributed by atoms with Gasteiger partial charge >= 0.3 is 5.97 Å². The van der Waals surface area contributed by atoms with Crippen molar-refractivity contribution in [2.24, 2.45) is 5.92 Å². The number of pyridine rings is 1. The van der Waals surface area contributed by atoms with Gasteiger partial charge in [-0.2, -0.15) is 0 Å². The average molecular weight is 333 g/mol. The Morgan fingerprint density at radius 1 is 1.38 bits per heavy atom. The van der Waals surface area contributed by atoms with E-state index < -0.39 is 11.9 Å². The van der Waals surface area contributed by atoms with Crippen molar-refractivity contribution >= 4 is 17.8 Å². The summed E-state index contributed by atoms with van der Waals surface area (Å²) in [4.78, 5) is 42.7. The highest BCUT2D eigenvalue weighted by Gasteiger charge is 2.28. The molecule has 0 bridgehead atoms. The summed E-state index contributed by atoms with van der Waals surface area (Å²) in [7, 11) is 1.58. The van der Waals surface area contributed by atoms with Crippen LogP contribution in [0, 0.1) is 12.8 Å². The lowest BCUT2D eigenvalue weighted by molar-refractivity contribution is -0.147. The number of aryl methyl sites for hydroxylation is 1. The standard InChI is InChI=1S/C17H23N3O4/c1-12-5-6-13(9-18-12)8-15(21)19(2)11-16(22)20-7-3-4-14(10-20)17(23)24/h5-6,9,14H,3-4,7-8,10-11H2,1-2H3,(H,23,24). The number of likely N-dealkylation sites (N-methyl/N-ethyl adjacent to an activating group) is 1. The van der Waals surface area contributed by atoms with Crippen LogP contribution in [-0.4, -0.2) is 64.4 Å². The molecule has 130 valence electrons. The van der Waals surface area contributed by atoms with E-state index in [0.717, 1.165) is 11.3 Å². The lowest BCUT2D eigenvalue weighted by atomic mass is 9.98. The van der Waals surface area contributed by atoms with E-state index in [1.807, 2.05) is 19.1 Å². The summed E-state index contributed by atoms with van der Waals surface area (Å²) in [6.45, 7) is 2.61. The zero-order valence-electron chi connectivity index (χ0n) is 14.1. The SMILES string of the molecule is Cc1ccc(CC(=O)N(C)CC(=O)N2CCCC(C(=O)O)C2)cn1. The topological polar surface area (TPSA) is 90.8 Å². The molecule has 0 aliphatic carbocycles. The fraction of sp³-hybridized carbons (Fsp3) is 0.529. The number of aliphatic carboxylic acids is 1. The zero-order chi connectivity index (χ0) is 17.7. The van der Waals surface area contributed by atoms with E-state index in [0.29, 0.717) is 19.4 Å². The molecule has 7 heteroatoms. The van der Waals surface area contributed by atoms with E-state index in [-0.39, 0.29) is 31.3 Å². The summed E-state index contributed by atoms with van der Waals surface area (Å²) < 4.78 is 0. The van der Waals surface area contributed by atoms with Gasteiger partial charge in [-0.25, -0.2) is 0 Å². The van der Waals surface area contributed by atoms with E-state index in [1.54, 1.807) is 18.1 Å². The number of carboxylic acid groups (broad SMARTS) is 1. The number of likely N-dealkylation sites (tertiary alicyclic amines) is 1. The number of carbonyl (C=O) groups excluding carboxylic acids is 2. The van der Waals surface area contributed by atoms with Crippen LogP contribution in [0.15, 0.2) is 18.3 Å². The molecule has 0 radical (unpaired) electrons. The third kappa shape index (κ3) is 4.78. The predicted octanol–water partition coefficient (Wildman–Crippen LogP) is 0.714. The molecule has 1 aromatic rings. The first-order valence-electron chi connectivity index (χ1n) is 8.03. The minimum absolute atomic E-state index is 0.0372. The van der Waals surface area contributed by atoms with E-state index in [4.69, 9.17) is 5.11 Å². The first-order chi connectivity index (χ1) is 11.4. The quantitative estimate of drug-likeness (QED) is 0.857. The number of carboxylic acids is 1. The summed E-state index contributed by atoms with van der Waals surface area (Å²) in [6, 6.07) is 3.69. The van der Waals surface area contributed by atoms with E-state index in [1.165, 1.54) is 4.90 Å². The molecule has 0 saturated carbocycles. The Morgan fingerprint density at radius 2 is 2.12 bits per heavy atom. The van der Waals surface area contributed by atoms with E-state index in [2.05, 4.69) is 4.98 Å². The second kappa shape index (κ2) is 7.90. The van der Waals surface area contributed by atoms with Crippen LogP contribution in [0.3, 0.4) is 0 Å². The van der Waals surface area contributed by atoms with Crippen molar-refractivity contribution < 1.29 is 19.5 Å².